The molecule has 0 aromatic heterocycles. The number of nitrogens with one attached hydrogen (secondary N) is 2. The number of rotatable bonds is 4. The maximum Gasteiger partial charge on any atom is 0.195 e. The SMILES string of the molecule is Cc1ccc(-c2cccc(Cc3cc(C)c(NC4=NCCCN4)cc3C)c2)cc1. The Labute approximate surface area is 173 Å². The molecule has 0 fully saturated rings. The summed E-state index contributed by atoms with van der Waals surface area (Å²) in [5, 5.41) is 6.79. The molecule has 0 saturated heterocycles. The molecule has 4 rings (SSSR count). The Kier molecular flexibility index (Phi) is 5.66. The van der Waals surface area contributed by atoms with E-state index in [1.54, 1.807) is 0 Å². The van der Waals surface area contributed by atoms with Crippen LogP contribution in [-0.2, 0) is 6.42 Å². The minimum Gasteiger partial charge on any atom is -0.356 e. The molecule has 2 N–H and O–H groups in total. The lowest BCUT2D eigenvalue weighted by molar-refractivity contribution is 0.740. The van der Waals surface area contributed by atoms with Gasteiger partial charge in [0.15, 0.2) is 5.96 Å². The molecule has 3 aromatic rings. The summed E-state index contributed by atoms with van der Waals surface area (Å²) in [6.45, 7) is 8.36. The van der Waals surface area contributed by atoms with Crippen LogP contribution >= 0.6 is 0 Å². The van der Waals surface area contributed by atoms with Crippen LogP contribution in [0.4, 0.5) is 5.69 Å². The van der Waals surface area contributed by atoms with Crippen molar-refractivity contribution in [3.05, 3.63) is 88.5 Å². The summed E-state index contributed by atoms with van der Waals surface area (Å²) in [7, 11) is 0. The van der Waals surface area contributed by atoms with E-state index in [9.17, 15) is 0 Å². The van der Waals surface area contributed by atoms with E-state index in [2.05, 4.69) is 97.1 Å². The highest BCUT2D eigenvalue weighted by Crippen LogP contribution is 2.26. The maximum atomic E-state index is 4.52. The molecule has 0 unspecified atom stereocenters. The predicted octanol–water partition coefficient (Wildman–Crippen LogP) is 5.63. The molecule has 3 nitrogen and oxygen atoms in total. The van der Waals surface area contributed by atoms with E-state index in [0.717, 1.165) is 37.6 Å². The quantitative estimate of drug-likeness (QED) is 0.612. The summed E-state index contributed by atoms with van der Waals surface area (Å²) in [5.74, 6) is 0.886. The molecule has 1 aliphatic heterocycles. The van der Waals surface area contributed by atoms with Gasteiger partial charge in [-0.3, -0.25) is 4.99 Å². The average molecular weight is 384 g/mol. The van der Waals surface area contributed by atoms with Crippen molar-refractivity contribution in [1.29, 1.82) is 0 Å². The minimum atomic E-state index is 0.886. The standard InChI is InChI=1S/C26H29N3/c1-18-8-10-22(11-9-18)23-7-4-6-21(16-23)17-24-14-20(3)25(15-19(24)2)29-26-27-12-5-13-28-26/h4,6-11,14-16H,5,12-13,17H2,1-3H3,(H2,27,28,29). The van der Waals surface area contributed by atoms with Crippen LogP contribution in [0.3, 0.4) is 0 Å². The fraction of sp³-hybridized carbons (Fsp3) is 0.269. The van der Waals surface area contributed by atoms with E-state index in [1.807, 2.05) is 0 Å². The molecule has 0 amide bonds. The number of aryl methyl sites for hydroxylation is 3. The molecule has 0 aliphatic carbocycles. The Hall–Kier alpha value is -3.07. The van der Waals surface area contributed by atoms with E-state index in [-0.39, 0.29) is 0 Å². The van der Waals surface area contributed by atoms with Crippen molar-refractivity contribution in [3.8, 4) is 11.1 Å². The number of hydrogen-bond donors (Lipinski definition) is 2. The number of aliphatic imine (C=N–C) groups is 1. The number of anilines is 1. The van der Waals surface area contributed by atoms with Gasteiger partial charge in [-0.25, -0.2) is 0 Å². The predicted molar refractivity (Wildman–Crippen MR) is 124 cm³/mol. The highest BCUT2D eigenvalue weighted by atomic mass is 15.2. The maximum absolute atomic E-state index is 4.52. The molecule has 0 atom stereocenters. The summed E-state index contributed by atoms with van der Waals surface area (Å²) in [6, 6.07) is 22.2. The van der Waals surface area contributed by atoms with Crippen molar-refractivity contribution in [2.24, 2.45) is 4.99 Å². The van der Waals surface area contributed by atoms with Crippen molar-refractivity contribution in [3.63, 3.8) is 0 Å². The molecule has 0 saturated carbocycles. The van der Waals surface area contributed by atoms with E-state index in [0.29, 0.717) is 0 Å². The largest absolute Gasteiger partial charge is 0.356 e. The van der Waals surface area contributed by atoms with Crippen LogP contribution in [0, 0.1) is 20.8 Å². The number of benzene rings is 3. The summed E-state index contributed by atoms with van der Waals surface area (Å²) in [5.41, 5.74) is 10.2. The Bertz CT molecular complexity index is 1030. The number of guanidine groups is 1. The third-order valence-corrected chi connectivity index (χ3v) is 5.54. The molecule has 3 aromatic carbocycles. The van der Waals surface area contributed by atoms with Crippen LogP contribution in [0.25, 0.3) is 11.1 Å². The first kappa shape index (κ1) is 19.3. The summed E-state index contributed by atoms with van der Waals surface area (Å²) in [6.07, 6.45) is 2.04. The lowest BCUT2D eigenvalue weighted by Crippen LogP contribution is -2.35. The average Bonchev–Trinajstić information content (AvgIpc) is 2.73. The van der Waals surface area contributed by atoms with Gasteiger partial charge in [0.2, 0.25) is 0 Å². The molecular formula is C26H29N3. The van der Waals surface area contributed by atoms with Gasteiger partial charge in [0, 0.05) is 18.8 Å². The van der Waals surface area contributed by atoms with Crippen LogP contribution in [0.2, 0.25) is 0 Å². The van der Waals surface area contributed by atoms with Crippen LogP contribution in [0.15, 0.2) is 65.7 Å². The molecule has 0 spiro atoms. The number of hydrogen-bond acceptors (Lipinski definition) is 3. The Balaban J connectivity index is 1.55. The third-order valence-electron chi connectivity index (χ3n) is 5.54. The highest BCUT2D eigenvalue weighted by molar-refractivity contribution is 5.94. The van der Waals surface area contributed by atoms with Crippen molar-refractivity contribution in [2.75, 3.05) is 18.4 Å². The molecule has 3 heteroatoms. The first-order valence-electron chi connectivity index (χ1n) is 10.4. The smallest absolute Gasteiger partial charge is 0.195 e. The van der Waals surface area contributed by atoms with Crippen LogP contribution in [-0.4, -0.2) is 19.0 Å². The monoisotopic (exact) mass is 383 g/mol. The molecule has 1 heterocycles. The Morgan fingerprint density at radius 1 is 0.897 bits per heavy atom. The summed E-state index contributed by atoms with van der Waals surface area (Å²) >= 11 is 0. The Morgan fingerprint density at radius 2 is 1.72 bits per heavy atom. The zero-order valence-electron chi connectivity index (χ0n) is 17.5. The normalized spacial score (nSPS) is 13.6. The molecule has 0 radical (unpaired) electrons. The molecule has 0 bridgehead atoms. The summed E-state index contributed by atoms with van der Waals surface area (Å²) < 4.78 is 0. The van der Waals surface area contributed by atoms with E-state index in [1.165, 1.54) is 38.9 Å². The zero-order valence-corrected chi connectivity index (χ0v) is 17.5. The molecule has 29 heavy (non-hydrogen) atoms. The topological polar surface area (TPSA) is 36.4 Å². The zero-order chi connectivity index (χ0) is 20.2. The minimum absolute atomic E-state index is 0.886. The van der Waals surface area contributed by atoms with Gasteiger partial charge in [-0.05, 0) is 73.1 Å². The third kappa shape index (κ3) is 4.68. The fourth-order valence-electron chi connectivity index (χ4n) is 3.77. The van der Waals surface area contributed by atoms with E-state index >= 15 is 0 Å². The van der Waals surface area contributed by atoms with Gasteiger partial charge in [-0.1, -0.05) is 60.2 Å². The van der Waals surface area contributed by atoms with E-state index in [4.69, 9.17) is 0 Å². The van der Waals surface area contributed by atoms with Gasteiger partial charge in [0.25, 0.3) is 0 Å². The molecule has 148 valence electrons. The van der Waals surface area contributed by atoms with Crippen LogP contribution in [0.5, 0.6) is 0 Å². The number of nitrogens with zero attached hydrogens (tertiary/aromatic N) is 1. The van der Waals surface area contributed by atoms with Gasteiger partial charge in [0.05, 0.1) is 0 Å². The molecular weight excluding hydrogens is 354 g/mol. The lowest BCUT2D eigenvalue weighted by Gasteiger charge is -2.19. The molecule has 1 aliphatic rings. The Morgan fingerprint density at radius 3 is 2.48 bits per heavy atom. The van der Waals surface area contributed by atoms with Crippen molar-refractivity contribution in [1.82, 2.24) is 5.32 Å². The second kappa shape index (κ2) is 8.52. The van der Waals surface area contributed by atoms with Crippen molar-refractivity contribution >= 4 is 11.6 Å². The fourth-order valence-corrected chi connectivity index (χ4v) is 3.77. The van der Waals surface area contributed by atoms with Gasteiger partial charge in [0.1, 0.15) is 0 Å². The highest BCUT2D eigenvalue weighted by Gasteiger charge is 2.10. The second-order valence-electron chi connectivity index (χ2n) is 7.97. The van der Waals surface area contributed by atoms with Crippen LogP contribution in [0.1, 0.15) is 34.2 Å². The first-order chi connectivity index (χ1) is 14.1. The van der Waals surface area contributed by atoms with Gasteiger partial charge >= 0.3 is 0 Å². The van der Waals surface area contributed by atoms with E-state index < -0.39 is 0 Å². The van der Waals surface area contributed by atoms with Crippen molar-refractivity contribution in [2.45, 2.75) is 33.6 Å². The van der Waals surface area contributed by atoms with Crippen LogP contribution < -0.4 is 10.6 Å². The van der Waals surface area contributed by atoms with Gasteiger partial charge in [-0.2, -0.15) is 0 Å². The lowest BCUT2D eigenvalue weighted by atomic mass is 9.95. The van der Waals surface area contributed by atoms with Gasteiger partial charge < -0.3 is 10.6 Å². The first-order valence-corrected chi connectivity index (χ1v) is 10.4. The second-order valence-corrected chi connectivity index (χ2v) is 7.97. The van der Waals surface area contributed by atoms with Gasteiger partial charge in [-0.15, -0.1) is 0 Å². The van der Waals surface area contributed by atoms with Crippen molar-refractivity contribution < 1.29 is 0 Å². The summed E-state index contributed by atoms with van der Waals surface area (Å²) in [4.78, 5) is 4.52.